The Bertz CT molecular complexity index is 765. The van der Waals surface area contributed by atoms with Crippen molar-refractivity contribution in [2.24, 2.45) is 15.0 Å². The molecule has 2 saturated heterocycles. The average Bonchev–Trinajstić information content (AvgIpc) is 3.21. The Balaban J connectivity index is 2.21. The number of aliphatic imine (C=N–C) groups is 3. The quantitative estimate of drug-likeness (QED) is 0.287. The maximum Gasteiger partial charge on any atom is 0.329 e. The third-order valence-corrected chi connectivity index (χ3v) is 6.27. The summed E-state index contributed by atoms with van der Waals surface area (Å²) < 4.78 is 0. The summed E-state index contributed by atoms with van der Waals surface area (Å²) >= 11 is 0. The van der Waals surface area contributed by atoms with Crippen LogP contribution in [-0.4, -0.2) is 83.5 Å². The Hall–Kier alpha value is -3.12. The first-order chi connectivity index (χ1) is 16.6. The number of carbonyl (C=O) groups is 2. The molecule has 0 radical (unpaired) electrons. The lowest BCUT2D eigenvalue weighted by atomic mass is 10.2. The molecule has 2 aliphatic rings. The molecule has 2 unspecified atom stereocenters. The van der Waals surface area contributed by atoms with Crippen molar-refractivity contribution in [3.8, 4) is 0 Å². The summed E-state index contributed by atoms with van der Waals surface area (Å²) in [4.78, 5) is 74.8. The van der Waals surface area contributed by atoms with Crippen molar-refractivity contribution in [2.45, 2.75) is 89.4 Å². The number of rotatable bonds is 9. The van der Waals surface area contributed by atoms with Gasteiger partial charge in [0.05, 0.1) is 6.54 Å². The summed E-state index contributed by atoms with van der Waals surface area (Å²) in [5.41, 5.74) is 0. The topological polar surface area (TPSA) is 132 Å². The van der Waals surface area contributed by atoms with Crippen LogP contribution in [0, 0.1) is 0 Å². The largest absolute Gasteiger partial charge is 0.329 e. The van der Waals surface area contributed by atoms with Crippen molar-refractivity contribution in [3.63, 3.8) is 0 Å². The van der Waals surface area contributed by atoms with E-state index in [-0.39, 0.29) is 6.54 Å². The molecular formula is C23H34N6O5. The fourth-order valence-corrected chi connectivity index (χ4v) is 4.46. The molecule has 0 saturated carbocycles. The van der Waals surface area contributed by atoms with Gasteiger partial charge in [0.25, 0.3) is 0 Å². The van der Waals surface area contributed by atoms with Gasteiger partial charge in [0, 0.05) is 19.6 Å². The summed E-state index contributed by atoms with van der Waals surface area (Å²) in [6, 6.07) is -0.973. The number of isocyanates is 3. The van der Waals surface area contributed by atoms with E-state index in [1.807, 2.05) is 0 Å². The lowest BCUT2D eigenvalue weighted by Crippen LogP contribution is -2.55. The van der Waals surface area contributed by atoms with E-state index < -0.39 is 24.4 Å². The summed E-state index contributed by atoms with van der Waals surface area (Å²) in [5, 5.41) is 0. The van der Waals surface area contributed by atoms with Gasteiger partial charge in [0.15, 0.2) is 0 Å². The van der Waals surface area contributed by atoms with Crippen LogP contribution in [-0.2, 0) is 14.4 Å². The van der Waals surface area contributed by atoms with Gasteiger partial charge >= 0.3 is 12.1 Å². The average molecular weight is 475 g/mol. The maximum atomic E-state index is 13.6. The highest BCUT2D eigenvalue weighted by Gasteiger charge is 2.36. The highest BCUT2D eigenvalue weighted by molar-refractivity contribution is 5.94. The summed E-state index contributed by atoms with van der Waals surface area (Å²) in [6.45, 7) is 1.40. The fraction of sp³-hybridized carbons (Fsp3) is 0.783. The monoisotopic (exact) mass is 474 g/mol. The van der Waals surface area contributed by atoms with E-state index >= 15 is 0 Å². The fourth-order valence-electron chi connectivity index (χ4n) is 4.46. The van der Waals surface area contributed by atoms with Crippen molar-refractivity contribution < 1.29 is 24.0 Å². The molecule has 11 heteroatoms. The van der Waals surface area contributed by atoms with Gasteiger partial charge in [0.2, 0.25) is 18.2 Å². The second-order valence-corrected chi connectivity index (χ2v) is 8.59. The molecule has 0 aromatic carbocycles. The molecule has 186 valence electrons. The Labute approximate surface area is 200 Å². The molecule has 2 heterocycles. The smallest absolute Gasteiger partial charge is 0.301 e. The highest BCUT2D eigenvalue weighted by Crippen LogP contribution is 2.23. The molecule has 0 aliphatic carbocycles. The molecule has 0 spiro atoms. The van der Waals surface area contributed by atoms with Gasteiger partial charge in [-0.15, -0.1) is 0 Å². The van der Waals surface area contributed by atoms with E-state index in [1.165, 1.54) is 20.8 Å². The first-order valence-corrected chi connectivity index (χ1v) is 12.2. The standard InChI is InChI=1S/C23H34N6O5/c30-17-24-13-7-1-2-8-16-29(22(33)27-14-9-3-5-11-20(27)25-18-31)23(34)28-15-10-4-6-12-21(28)26-19-32/h20-21H,1-16H2. The Morgan fingerprint density at radius 3 is 1.74 bits per heavy atom. The van der Waals surface area contributed by atoms with Crippen LogP contribution in [0.5, 0.6) is 0 Å². The lowest BCUT2D eigenvalue weighted by molar-refractivity contribution is 0.114. The van der Waals surface area contributed by atoms with Crippen LogP contribution >= 0.6 is 0 Å². The second-order valence-electron chi connectivity index (χ2n) is 8.59. The maximum absolute atomic E-state index is 13.6. The van der Waals surface area contributed by atoms with E-state index in [9.17, 15) is 24.0 Å². The van der Waals surface area contributed by atoms with Crippen molar-refractivity contribution in [1.82, 2.24) is 14.7 Å². The molecule has 0 bridgehead atoms. The van der Waals surface area contributed by atoms with E-state index in [2.05, 4.69) is 15.0 Å². The summed E-state index contributed by atoms with van der Waals surface area (Å²) in [7, 11) is 0. The molecule has 2 aliphatic heterocycles. The van der Waals surface area contributed by atoms with Gasteiger partial charge in [-0.2, -0.15) is 9.98 Å². The number of unbranched alkanes of at least 4 members (excludes halogenated alkanes) is 3. The molecular weight excluding hydrogens is 440 g/mol. The van der Waals surface area contributed by atoms with Crippen molar-refractivity contribution in [1.29, 1.82) is 0 Å². The first-order valence-electron chi connectivity index (χ1n) is 12.2. The first kappa shape index (κ1) is 27.1. The molecule has 34 heavy (non-hydrogen) atoms. The molecule has 11 nitrogen and oxygen atoms in total. The van der Waals surface area contributed by atoms with Gasteiger partial charge in [-0.1, -0.05) is 25.7 Å². The van der Waals surface area contributed by atoms with E-state index in [0.29, 0.717) is 38.9 Å². The minimum absolute atomic E-state index is 0.191. The number of urea groups is 2. The van der Waals surface area contributed by atoms with Gasteiger partial charge in [-0.05, 0) is 51.4 Å². The SMILES string of the molecule is O=C=NCCCCCCN(C(=O)N1CCCCCC1N=C=O)C(=O)N1CCCCCC1N=C=O. The number of nitrogens with zero attached hydrogens (tertiary/aromatic N) is 6. The Morgan fingerprint density at radius 1 is 0.706 bits per heavy atom. The number of hydrogen-bond acceptors (Lipinski definition) is 8. The Morgan fingerprint density at radius 2 is 1.24 bits per heavy atom. The van der Waals surface area contributed by atoms with Crippen LogP contribution in [0.25, 0.3) is 0 Å². The van der Waals surface area contributed by atoms with Crippen LogP contribution in [0.3, 0.4) is 0 Å². The summed E-state index contributed by atoms with van der Waals surface area (Å²) in [6.07, 6.45) is 12.3. The summed E-state index contributed by atoms with van der Waals surface area (Å²) in [5.74, 6) is 0. The molecule has 2 fully saturated rings. The predicted molar refractivity (Wildman–Crippen MR) is 123 cm³/mol. The van der Waals surface area contributed by atoms with E-state index in [1.54, 1.807) is 12.2 Å². The zero-order valence-electron chi connectivity index (χ0n) is 19.7. The molecule has 0 N–H and O–H groups in total. The molecule has 4 amide bonds. The molecule has 0 aromatic rings. The zero-order valence-corrected chi connectivity index (χ0v) is 19.7. The second kappa shape index (κ2) is 15.7. The number of amides is 4. The number of carbonyl (C=O) groups excluding carboxylic acids is 5. The molecule has 0 aromatic heterocycles. The van der Waals surface area contributed by atoms with Gasteiger partial charge in [0.1, 0.15) is 12.3 Å². The third kappa shape index (κ3) is 8.34. The van der Waals surface area contributed by atoms with Crippen LogP contribution < -0.4 is 0 Å². The zero-order chi connectivity index (χ0) is 24.6. The van der Waals surface area contributed by atoms with Gasteiger partial charge < -0.3 is 9.80 Å². The van der Waals surface area contributed by atoms with Gasteiger partial charge in [-0.3, -0.25) is 0 Å². The van der Waals surface area contributed by atoms with Crippen molar-refractivity contribution >= 4 is 30.3 Å². The Kier molecular flexibility index (Phi) is 12.5. The van der Waals surface area contributed by atoms with Crippen LogP contribution in [0.2, 0.25) is 0 Å². The van der Waals surface area contributed by atoms with Crippen molar-refractivity contribution in [2.75, 3.05) is 26.2 Å². The number of hydrogen-bond donors (Lipinski definition) is 0. The predicted octanol–water partition coefficient (Wildman–Crippen LogP) is 3.50. The van der Waals surface area contributed by atoms with Gasteiger partial charge in [-0.25, -0.2) is 33.9 Å². The lowest BCUT2D eigenvalue weighted by Gasteiger charge is -2.36. The van der Waals surface area contributed by atoms with Crippen LogP contribution in [0.15, 0.2) is 15.0 Å². The molecule has 2 rings (SSSR count). The number of imide groups is 1. The van der Waals surface area contributed by atoms with E-state index in [4.69, 9.17) is 0 Å². The molecule has 2 atom stereocenters. The third-order valence-electron chi connectivity index (χ3n) is 6.27. The van der Waals surface area contributed by atoms with Crippen LogP contribution in [0.4, 0.5) is 9.59 Å². The minimum atomic E-state index is -0.642. The normalized spacial score (nSPS) is 20.6. The van der Waals surface area contributed by atoms with Crippen LogP contribution in [0.1, 0.15) is 77.0 Å². The number of likely N-dealkylation sites (tertiary alicyclic amines) is 2. The van der Waals surface area contributed by atoms with Crippen molar-refractivity contribution in [3.05, 3.63) is 0 Å². The highest BCUT2D eigenvalue weighted by atomic mass is 16.2. The van der Waals surface area contributed by atoms with E-state index in [0.717, 1.165) is 57.8 Å². The minimum Gasteiger partial charge on any atom is -0.301 e.